The van der Waals surface area contributed by atoms with E-state index in [-0.39, 0.29) is 5.91 Å². The molecule has 0 radical (unpaired) electrons. The molecule has 4 rings (SSSR count). The number of nitrogens with zero attached hydrogens (tertiary/aromatic N) is 1. The first kappa shape index (κ1) is 20.9. The Hall–Kier alpha value is -3.38. The fraction of sp³-hybridized carbons (Fsp3) is 0.160. The quantitative estimate of drug-likeness (QED) is 0.321. The number of amides is 1. The number of hydrogen-bond acceptors (Lipinski definition) is 5. The molecule has 0 fully saturated rings. The summed E-state index contributed by atoms with van der Waals surface area (Å²) in [5, 5.41) is 2.91. The summed E-state index contributed by atoms with van der Waals surface area (Å²) in [5.41, 5.74) is 4.13. The van der Waals surface area contributed by atoms with Crippen LogP contribution < -0.4 is 5.32 Å². The van der Waals surface area contributed by atoms with Crippen molar-refractivity contribution >= 4 is 40.7 Å². The smallest absolute Gasteiger partial charge is 0.338 e. The standard InChI is InChI=1S/C25H22N2O3S/c1-3-30-25(29)17-9-14-20-21(15-17)27-24(28)22(20)23(16-7-5-4-6-8-16)26-18-10-12-19(31-2)13-11-18/h4-15,22H,3H2,1-2H3,(H,27,28). The van der Waals surface area contributed by atoms with E-state index in [1.165, 1.54) is 0 Å². The molecular weight excluding hydrogens is 408 g/mol. The lowest BCUT2D eigenvalue weighted by molar-refractivity contribution is -0.115. The van der Waals surface area contributed by atoms with Gasteiger partial charge in [-0.25, -0.2) is 4.79 Å². The molecule has 1 atom stereocenters. The zero-order valence-electron chi connectivity index (χ0n) is 17.3. The zero-order chi connectivity index (χ0) is 21.8. The van der Waals surface area contributed by atoms with Crippen molar-refractivity contribution in [3.8, 4) is 0 Å². The SMILES string of the molecule is CCOC(=O)c1ccc2c(c1)NC(=O)C2C(=Nc1ccc(SC)cc1)c1ccccc1. The summed E-state index contributed by atoms with van der Waals surface area (Å²) in [6, 6.07) is 22.8. The Morgan fingerprint density at radius 3 is 2.45 bits per heavy atom. The van der Waals surface area contributed by atoms with E-state index in [4.69, 9.17) is 9.73 Å². The van der Waals surface area contributed by atoms with Crippen LogP contribution in [0.5, 0.6) is 0 Å². The minimum atomic E-state index is -0.575. The minimum Gasteiger partial charge on any atom is -0.462 e. The summed E-state index contributed by atoms with van der Waals surface area (Å²) >= 11 is 1.67. The second-order valence-electron chi connectivity index (χ2n) is 7.01. The number of carbonyl (C=O) groups is 2. The molecule has 1 amide bonds. The van der Waals surface area contributed by atoms with Gasteiger partial charge in [-0.15, -0.1) is 11.8 Å². The van der Waals surface area contributed by atoms with E-state index >= 15 is 0 Å². The number of esters is 1. The second-order valence-corrected chi connectivity index (χ2v) is 7.89. The van der Waals surface area contributed by atoms with Crippen LogP contribution in [0.4, 0.5) is 11.4 Å². The number of aliphatic imine (C=N–C) groups is 1. The summed E-state index contributed by atoms with van der Waals surface area (Å²) in [4.78, 5) is 31.2. The molecular formula is C25H22N2O3S. The topological polar surface area (TPSA) is 67.8 Å². The normalized spacial score (nSPS) is 15.4. The number of carbonyl (C=O) groups excluding carboxylic acids is 2. The monoisotopic (exact) mass is 430 g/mol. The third-order valence-corrected chi connectivity index (χ3v) is 5.80. The van der Waals surface area contributed by atoms with Crippen LogP contribution in [0, 0.1) is 0 Å². The molecule has 0 saturated heterocycles. The largest absolute Gasteiger partial charge is 0.462 e. The van der Waals surface area contributed by atoms with Crippen molar-refractivity contribution < 1.29 is 14.3 Å². The first-order valence-corrected chi connectivity index (χ1v) is 11.2. The van der Waals surface area contributed by atoms with Gasteiger partial charge in [0.05, 0.1) is 23.6 Å². The Morgan fingerprint density at radius 2 is 1.77 bits per heavy atom. The molecule has 3 aromatic rings. The Balaban J connectivity index is 1.78. The van der Waals surface area contributed by atoms with Gasteiger partial charge in [0.15, 0.2) is 0 Å². The van der Waals surface area contributed by atoms with E-state index in [1.54, 1.807) is 36.9 Å². The number of fused-ring (bicyclic) bond motifs is 1. The van der Waals surface area contributed by atoms with Gasteiger partial charge >= 0.3 is 5.97 Å². The van der Waals surface area contributed by atoms with E-state index in [1.807, 2.05) is 60.9 Å². The maximum absolute atomic E-state index is 13.0. The van der Waals surface area contributed by atoms with Crippen molar-refractivity contribution in [2.45, 2.75) is 17.7 Å². The van der Waals surface area contributed by atoms with Gasteiger partial charge in [0, 0.05) is 10.6 Å². The van der Waals surface area contributed by atoms with Gasteiger partial charge in [-0.1, -0.05) is 36.4 Å². The zero-order valence-corrected chi connectivity index (χ0v) is 18.1. The minimum absolute atomic E-state index is 0.167. The van der Waals surface area contributed by atoms with E-state index < -0.39 is 11.9 Å². The van der Waals surface area contributed by atoms with Gasteiger partial charge in [-0.05, 0) is 60.7 Å². The molecule has 31 heavy (non-hydrogen) atoms. The lowest BCUT2D eigenvalue weighted by Crippen LogP contribution is -2.21. The Kier molecular flexibility index (Phi) is 6.18. The molecule has 0 saturated carbocycles. The van der Waals surface area contributed by atoms with Gasteiger partial charge in [0.25, 0.3) is 0 Å². The highest BCUT2D eigenvalue weighted by atomic mass is 32.2. The van der Waals surface area contributed by atoms with Gasteiger partial charge in [-0.2, -0.15) is 0 Å². The van der Waals surface area contributed by atoms with Crippen LogP contribution >= 0.6 is 11.8 Å². The van der Waals surface area contributed by atoms with Crippen LogP contribution in [-0.4, -0.2) is 30.5 Å². The predicted molar refractivity (Wildman–Crippen MR) is 125 cm³/mol. The first-order valence-electron chi connectivity index (χ1n) is 10.0. The highest BCUT2D eigenvalue weighted by Gasteiger charge is 2.36. The molecule has 5 nitrogen and oxygen atoms in total. The molecule has 0 spiro atoms. The number of ether oxygens (including phenoxy) is 1. The Labute approximate surface area is 185 Å². The molecule has 0 aliphatic carbocycles. The van der Waals surface area contributed by atoms with Crippen molar-refractivity contribution in [1.82, 2.24) is 0 Å². The number of hydrogen-bond donors (Lipinski definition) is 1. The summed E-state index contributed by atoms with van der Waals surface area (Å²) in [6.45, 7) is 2.06. The number of anilines is 1. The van der Waals surface area contributed by atoms with Crippen molar-refractivity contribution in [2.24, 2.45) is 4.99 Å². The lowest BCUT2D eigenvalue weighted by Gasteiger charge is -2.14. The summed E-state index contributed by atoms with van der Waals surface area (Å²) in [5.74, 6) is -1.15. The van der Waals surface area contributed by atoms with Crippen LogP contribution in [0.25, 0.3) is 0 Å². The molecule has 1 aliphatic rings. The third kappa shape index (κ3) is 4.39. The van der Waals surface area contributed by atoms with Crippen LogP contribution in [0.1, 0.15) is 34.3 Å². The number of benzene rings is 3. The average Bonchev–Trinajstić information content (AvgIpc) is 3.13. The van der Waals surface area contributed by atoms with Gasteiger partial charge in [-0.3, -0.25) is 9.79 Å². The lowest BCUT2D eigenvalue weighted by atomic mass is 9.90. The van der Waals surface area contributed by atoms with E-state index in [2.05, 4.69) is 5.32 Å². The van der Waals surface area contributed by atoms with Crippen molar-refractivity contribution in [3.05, 3.63) is 89.5 Å². The van der Waals surface area contributed by atoms with Crippen molar-refractivity contribution in [1.29, 1.82) is 0 Å². The predicted octanol–water partition coefficient (Wildman–Crippen LogP) is 5.44. The van der Waals surface area contributed by atoms with Gasteiger partial charge < -0.3 is 10.1 Å². The van der Waals surface area contributed by atoms with Crippen LogP contribution in [-0.2, 0) is 9.53 Å². The molecule has 1 heterocycles. The Bertz CT molecular complexity index is 1140. The van der Waals surface area contributed by atoms with E-state index in [0.717, 1.165) is 21.7 Å². The van der Waals surface area contributed by atoms with Gasteiger partial charge in [0.1, 0.15) is 5.92 Å². The molecule has 1 N–H and O–H groups in total. The summed E-state index contributed by atoms with van der Waals surface area (Å²) in [7, 11) is 0. The summed E-state index contributed by atoms with van der Waals surface area (Å²) < 4.78 is 5.08. The van der Waals surface area contributed by atoms with E-state index in [0.29, 0.717) is 23.6 Å². The Morgan fingerprint density at radius 1 is 1.03 bits per heavy atom. The molecule has 0 bridgehead atoms. The van der Waals surface area contributed by atoms with E-state index in [9.17, 15) is 9.59 Å². The third-order valence-electron chi connectivity index (χ3n) is 5.06. The summed E-state index contributed by atoms with van der Waals surface area (Å²) in [6.07, 6.45) is 2.03. The maximum Gasteiger partial charge on any atom is 0.338 e. The highest BCUT2D eigenvalue weighted by molar-refractivity contribution is 7.98. The number of thioether (sulfide) groups is 1. The first-order chi connectivity index (χ1) is 15.1. The maximum atomic E-state index is 13.0. The molecule has 1 aliphatic heterocycles. The van der Waals surface area contributed by atoms with Crippen molar-refractivity contribution in [3.63, 3.8) is 0 Å². The van der Waals surface area contributed by atoms with Crippen LogP contribution in [0.2, 0.25) is 0 Å². The number of nitrogens with one attached hydrogen (secondary N) is 1. The number of rotatable bonds is 6. The fourth-order valence-electron chi connectivity index (χ4n) is 3.58. The average molecular weight is 431 g/mol. The molecule has 6 heteroatoms. The van der Waals surface area contributed by atoms with Crippen molar-refractivity contribution in [2.75, 3.05) is 18.2 Å². The van der Waals surface area contributed by atoms with Crippen LogP contribution in [0.15, 0.2) is 82.7 Å². The van der Waals surface area contributed by atoms with Gasteiger partial charge in [0.2, 0.25) is 5.91 Å². The molecule has 1 unspecified atom stereocenters. The highest BCUT2D eigenvalue weighted by Crippen LogP contribution is 2.37. The fourth-order valence-corrected chi connectivity index (χ4v) is 3.98. The second kappa shape index (κ2) is 9.18. The molecule has 156 valence electrons. The van der Waals surface area contributed by atoms with Crippen LogP contribution in [0.3, 0.4) is 0 Å². The molecule has 0 aromatic heterocycles. The molecule has 3 aromatic carbocycles.